The normalized spacial score (nSPS) is 15.0. The topological polar surface area (TPSA) is 3.24 Å². The van der Waals surface area contributed by atoms with Gasteiger partial charge < -0.3 is 9.38 Å². The molecule has 2 nitrogen and oxygen atoms in total. The zero-order chi connectivity index (χ0) is 16.4. The molecule has 0 N–H and O–H groups in total. The third-order valence-electron chi connectivity index (χ3n) is 5.14. The predicted octanol–water partition coefficient (Wildman–Crippen LogP) is 5.16. The molecule has 2 aromatic rings. The molecule has 1 atom stereocenters. The first-order valence-electron chi connectivity index (χ1n) is 8.56. The monoisotopic (exact) mass is 327 g/mol. The van der Waals surface area contributed by atoms with Gasteiger partial charge in [0.2, 0.25) is 0 Å². The number of benzene rings is 2. The second-order valence-corrected chi connectivity index (χ2v) is 7.77. The fourth-order valence-electron chi connectivity index (χ4n) is 3.41. The van der Waals surface area contributed by atoms with Gasteiger partial charge in [-0.05, 0) is 45.0 Å². The standard InChI is InChI=1S/C20H27N2S/c1-5-22(4,6-2)15-16(3)21-17-11-7-9-13-19(17)23-20-14-10-8-12-18(20)21/h7-14,16H,5-6,15H2,1-4H3/q+1. The van der Waals surface area contributed by atoms with E-state index in [1.165, 1.54) is 34.3 Å². The molecule has 23 heavy (non-hydrogen) atoms. The average Bonchev–Trinajstić information content (AvgIpc) is 2.59. The minimum Gasteiger partial charge on any atom is -0.331 e. The molecule has 3 rings (SSSR count). The molecule has 0 amide bonds. The molecule has 1 aliphatic rings. The Hall–Kier alpha value is -1.45. The Morgan fingerprint density at radius 2 is 1.39 bits per heavy atom. The van der Waals surface area contributed by atoms with Crippen molar-refractivity contribution in [2.45, 2.75) is 36.6 Å². The summed E-state index contributed by atoms with van der Waals surface area (Å²) in [5.41, 5.74) is 2.70. The molecule has 0 aromatic heterocycles. The van der Waals surface area contributed by atoms with E-state index in [-0.39, 0.29) is 0 Å². The van der Waals surface area contributed by atoms with Crippen molar-refractivity contribution in [2.24, 2.45) is 0 Å². The molecule has 1 heterocycles. The number of quaternary nitrogens is 1. The van der Waals surface area contributed by atoms with Crippen LogP contribution in [0, 0.1) is 0 Å². The van der Waals surface area contributed by atoms with Gasteiger partial charge in [0.25, 0.3) is 0 Å². The van der Waals surface area contributed by atoms with Gasteiger partial charge >= 0.3 is 0 Å². The van der Waals surface area contributed by atoms with Crippen LogP contribution in [0.5, 0.6) is 0 Å². The Bertz CT molecular complexity index is 633. The van der Waals surface area contributed by atoms with Crippen molar-refractivity contribution >= 4 is 23.1 Å². The van der Waals surface area contributed by atoms with Gasteiger partial charge in [0.15, 0.2) is 0 Å². The maximum Gasteiger partial charge on any atom is 0.0992 e. The first-order valence-corrected chi connectivity index (χ1v) is 9.38. The number of anilines is 2. The van der Waals surface area contributed by atoms with E-state index in [2.05, 4.69) is 81.2 Å². The summed E-state index contributed by atoms with van der Waals surface area (Å²) in [6, 6.07) is 18.0. The fourth-order valence-corrected chi connectivity index (χ4v) is 4.48. The van der Waals surface area contributed by atoms with Gasteiger partial charge in [0.1, 0.15) is 0 Å². The zero-order valence-corrected chi connectivity index (χ0v) is 15.4. The van der Waals surface area contributed by atoms with E-state index in [1.54, 1.807) is 0 Å². The minimum atomic E-state index is 0.461. The molecule has 1 unspecified atom stereocenters. The van der Waals surface area contributed by atoms with Crippen LogP contribution in [0.3, 0.4) is 0 Å². The van der Waals surface area contributed by atoms with E-state index < -0.39 is 0 Å². The van der Waals surface area contributed by atoms with Gasteiger partial charge in [0, 0.05) is 9.79 Å². The average molecular weight is 328 g/mol. The highest BCUT2D eigenvalue weighted by Gasteiger charge is 2.30. The summed E-state index contributed by atoms with van der Waals surface area (Å²) in [5, 5.41) is 0. The highest BCUT2D eigenvalue weighted by Crippen LogP contribution is 2.48. The molecule has 3 heteroatoms. The Morgan fingerprint density at radius 1 is 0.913 bits per heavy atom. The molecule has 2 aromatic carbocycles. The van der Waals surface area contributed by atoms with Crippen molar-refractivity contribution in [3.8, 4) is 0 Å². The number of likely N-dealkylation sites (N-methyl/N-ethyl adjacent to an activating group) is 1. The van der Waals surface area contributed by atoms with Crippen LogP contribution in [0.4, 0.5) is 11.4 Å². The lowest BCUT2D eigenvalue weighted by molar-refractivity contribution is -0.906. The summed E-state index contributed by atoms with van der Waals surface area (Å²) in [4.78, 5) is 5.27. The predicted molar refractivity (Wildman–Crippen MR) is 101 cm³/mol. The number of para-hydroxylation sites is 2. The molecule has 0 spiro atoms. The van der Waals surface area contributed by atoms with E-state index in [9.17, 15) is 0 Å². The SMILES string of the molecule is CC[N+](C)(CC)CC(C)N1c2ccccc2Sc2ccccc21. The van der Waals surface area contributed by atoms with Gasteiger partial charge in [0.05, 0.1) is 44.1 Å². The van der Waals surface area contributed by atoms with Crippen molar-refractivity contribution in [3.05, 3.63) is 48.5 Å². The largest absolute Gasteiger partial charge is 0.331 e. The van der Waals surface area contributed by atoms with E-state index in [4.69, 9.17) is 0 Å². The van der Waals surface area contributed by atoms with Crippen molar-refractivity contribution in [1.82, 2.24) is 0 Å². The molecule has 0 aliphatic carbocycles. The van der Waals surface area contributed by atoms with Crippen molar-refractivity contribution < 1.29 is 4.48 Å². The third-order valence-corrected chi connectivity index (χ3v) is 6.27. The Balaban J connectivity index is 2.01. The van der Waals surface area contributed by atoms with Gasteiger partial charge in [-0.1, -0.05) is 36.0 Å². The lowest BCUT2D eigenvalue weighted by Crippen LogP contribution is -2.51. The first-order chi connectivity index (χ1) is 11.1. The molecule has 0 saturated heterocycles. The molecular weight excluding hydrogens is 300 g/mol. The van der Waals surface area contributed by atoms with Gasteiger partial charge in [-0.2, -0.15) is 0 Å². The maximum atomic E-state index is 2.54. The Morgan fingerprint density at radius 3 is 1.87 bits per heavy atom. The molecule has 0 fully saturated rings. The van der Waals surface area contributed by atoms with Gasteiger partial charge in [-0.15, -0.1) is 0 Å². The number of nitrogens with zero attached hydrogens (tertiary/aromatic N) is 2. The lowest BCUT2D eigenvalue weighted by atomic mass is 10.1. The Kier molecular flexibility index (Phi) is 4.69. The number of hydrogen-bond donors (Lipinski definition) is 0. The van der Waals surface area contributed by atoms with E-state index in [0.29, 0.717) is 6.04 Å². The summed E-state index contributed by atoms with van der Waals surface area (Å²) >= 11 is 1.89. The summed E-state index contributed by atoms with van der Waals surface area (Å²) in [7, 11) is 2.37. The van der Waals surface area contributed by atoms with Crippen LogP contribution in [-0.4, -0.2) is 37.2 Å². The molecule has 1 aliphatic heterocycles. The van der Waals surface area contributed by atoms with Crippen molar-refractivity contribution in [3.63, 3.8) is 0 Å². The van der Waals surface area contributed by atoms with Crippen LogP contribution >= 0.6 is 11.8 Å². The zero-order valence-electron chi connectivity index (χ0n) is 14.6. The van der Waals surface area contributed by atoms with Crippen LogP contribution in [0.2, 0.25) is 0 Å². The number of fused-ring (bicyclic) bond motifs is 2. The molecular formula is C20H27N2S+. The third kappa shape index (κ3) is 3.13. The molecule has 0 radical (unpaired) electrons. The van der Waals surface area contributed by atoms with Crippen molar-refractivity contribution in [2.75, 3.05) is 31.6 Å². The summed E-state index contributed by atoms with van der Waals surface area (Å²) in [5.74, 6) is 0. The smallest absolute Gasteiger partial charge is 0.0992 e. The highest BCUT2D eigenvalue weighted by atomic mass is 32.2. The van der Waals surface area contributed by atoms with Gasteiger partial charge in [-0.25, -0.2) is 0 Å². The molecule has 0 saturated carbocycles. The van der Waals surface area contributed by atoms with Crippen LogP contribution in [0.1, 0.15) is 20.8 Å². The lowest BCUT2D eigenvalue weighted by Gasteiger charge is -2.42. The van der Waals surface area contributed by atoms with Crippen molar-refractivity contribution in [1.29, 1.82) is 0 Å². The Labute approximate surface area is 144 Å². The fraction of sp³-hybridized carbons (Fsp3) is 0.400. The molecule has 122 valence electrons. The number of hydrogen-bond acceptors (Lipinski definition) is 2. The minimum absolute atomic E-state index is 0.461. The van der Waals surface area contributed by atoms with E-state index in [1.807, 2.05) is 11.8 Å². The highest BCUT2D eigenvalue weighted by molar-refractivity contribution is 7.99. The quantitative estimate of drug-likeness (QED) is 0.698. The summed E-state index contributed by atoms with van der Waals surface area (Å²) in [6.45, 7) is 10.5. The molecule has 0 bridgehead atoms. The van der Waals surface area contributed by atoms with Gasteiger partial charge in [-0.3, -0.25) is 0 Å². The van der Waals surface area contributed by atoms with Crippen LogP contribution in [-0.2, 0) is 0 Å². The second kappa shape index (κ2) is 6.58. The summed E-state index contributed by atoms with van der Waals surface area (Å²) < 4.78 is 1.11. The van der Waals surface area contributed by atoms with E-state index >= 15 is 0 Å². The summed E-state index contributed by atoms with van der Waals surface area (Å²) in [6.07, 6.45) is 0. The number of rotatable bonds is 5. The van der Waals surface area contributed by atoms with Crippen LogP contribution in [0.25, 0.3) is 0 Å². The van der Waals surface area contributed by atoms with E-state index in [0.717, 1.165) is 11.0 Å². The first kappa shape index (κ1) is 16.4. The second-order valence-electron chi connectivity index (χ2n) is 6.69. The maximum absolute atomic E-state index is 2.54. The van der Waals surface area contributed by atoms with Crippen LogP contribution in [0.15, 0.2) is 58.3 Å². The van der Waals surface area contributed by atoms with Crippen LogP contribution < -0.4 is 4.90 Å².